The Kier molecular flexibility index (Phi) is 9.27. The summed E-state index contributed by atoms with van der Waals surface area (Å²) in [6, 6.07) is 60.2. The van der Waals surface area contributed by atoms with Crippen molar-refractivity contribution in [3.8, 4) is 5.69 Å². The summed E-state index contributed by atoms with van der Waals surface area (Å²) < 4.78 is 9.25. The van der Waals surface area contributed by atoms with Gasteiger partial charge in [0.2, 0.25) is 0 Å². The van der Waals surface area contributed by atoms with Gasteiger partial charge < -0.3 is 18.8 Å². The molecule has 0 saturated carbocycles. The summed E-state index contributed by atoms with van der Waals surface area (Å²) in [6.45, 7) is 27.6. The maximum Gasteiger partial charge on any atom is 0.252 e. The Morgan fingerprint density at radius 3 is 1.58 bits per heavy atom. The van der Waals surface area contributed by atoms with Crippen LogP contribution in [-0.4, -0.2) is 11.3 Å². The molecule has 10 aromatic rings. The molecular weight excluding hydrogens is 838 g/mol. The first-order chi connectivity index (χ1) is 32.8. The topological polar surface area (TPSA) is 24.6 Å². The predicted molar refractivity (Wildman–Crippen MR) is 297 cm³/mol. The highest BCUT2D eigenvalue weighted by Crippen LogP contribution is 2.51. The van der Waals surface area contributed by atoms with Gasteiger partial charge in [0, 0.05) is 50.1 Å². The number of benzene rings is 8. The summed E-state index contributed by atoms with van der Waals surface area (Å²) in [5.41, 5.74) is 21.5. The smallest absolute Gasteiger partial charge is 0.252 e. The Hall–Kier alpha value is -6.98. The molecule has 0 amide bonds. The maximum absolute atomic E-state index is 6.65. The number of anilines is 6. The van der Waals surface area contributed by atoms with Crippen molar-refractivity contribution in [2.45, 2.75) is 105 Å². The van der Waals surface area contributed by atoms with Crippen molar-refractivity contribution in [3.63, 3.8) is 0 Å². The summed E-state index contributed by atoms with van der Waals surface area (Å²) in [4.78, 5) is 5.11. The second kappa shape index (κ2) is 14.8. The molecular formula is C64H62BN3O. The van der Waals surface area contributed by atoms with Crippen LogP contribution >= 0.6 is 0 Å². The molecule has 0 atom stereocenters. The van der Waals surface area contributed by atoms with Crippen molar-refractivity contribution in [2.24, 2.45) is 0 Å². The molecule has 4 nitrogen and oxygen atoms in total. The molecule has 0 saturated heterocycles. The van der Waals surface area contributed by atoms with Crippen LogP contribution in [0.15, 0.2) is 162 Å². The van der Waals surface area contributed by atoms with Crippen LogP contribution in [-0.2, 0) is 21.7 Å². The van der Waals surface area contributed by atoms with Gasteiger partial charge in [0.25, 0.3) is 6.71 Å². The standard InChI is InChI=1S/C64H62BN3O/c1-61(2,3)39-20-27-43(28-21-39)66(44-29-22-40(23-30-44)62(4,5)6)53-36-35-52-57-60(53)67(45-31-24-41(25-32-45)63(7,8)9)51-34-26-42(64(10,11)12)38-50(51)65(57)49-18-15-17-46-47-33-37-55-56(59(47)68(52)58(46)49)48-16-13-14-19-54(48)69-55/h13-38H,1-12H3. The minimum Gasteiger partial charge on any atom is -0.456 e. The molecule has 0 fully saturated rings. The van der Waals surface area contributed by atoms with Crippen molar-refractivity contribution in [3.05, 3.63) is 180 Å². The van der Waals surface area contributed by atoms with Gasteiger partial charge in [-0.2, -0.15) is 0 Å². The summed E-state index contributed by atoms with van der Waals surface area (Å²) >= 11 is 0. The number of fused-ring (bicyclic) bond motifs is 11. The fraction of sp³-hybridized carbons (Fsp3) is 0.250. The van der Waals surface area contributed by atoms with Crippen molar-refractivity contribution < 1.29 is 4.42 Å². The Balaban J connectivity index is 1.25. The highest BCUT2D eigenvalue weighted by molar-refractivity contribution is 7.00. The normalized spacial score (nSPS) is 13.7. The van der Waals surface area contributed by atoms with E-state index >= 15 is 0 Å². The SMILES string of the molecule is CC(C)(C)c1ccc(N(c2ccc(C(C)(C)C)cc2)c2ccc3c4c2N(c2ccc(C(C)(C)C)cc2)c2ccc(C(C)(C)C)cc2B4c2cccc4c5ccc6oc7ccccc7c6c5n-3c24)cc1. The zero-order chi connectivity index (χ0) is 48.1. The van der Waals surface area contributed by atoms with Crippen LogP contribution in [0, 0.1) is 0 Å². The first-order valence-electron chi connectivity index (χ1n) is 24.9. The second-order valence-corrected chi connectivity index (χ2v) is 23.9. The highest BCUT2D eigenvalue weighted by atomic mass is 16.3. The van der Waals surface area contributed by atoms with Gasteiger partial charge in [0.1, 0.15) is 11.2 Å². The molecule has 0 bridgehead atoms. The molecule has 4 heterocycles. The lowest BCUT2D eigenvalue weighted by Crippen LogP contribution is -2.60. The molecule has 0 radical (unpaired) electrons. The average Bonchev–Trinajstić information content (AvgIpc) is 3.86. The van der Waals surface area contributed by atoms with Gasteiger partial charge in [0.05, 0.1) is 22.3 Å². The molecule has 2 aliphatic rings. The molecule has 0 unspecified atom stereocenters. The van der Waals surface area contributed by atoms with Crippen LogP contribution < -0.4 is 26.2 Å². The van der Waals surface area contributed by atoms with Crippen molar-refractivity contribution in [1.29, 1.82) is 0 Å². The molecule has 69 heavy (non-hydrogen) atoms. The quantitative estimate of drug-likeness (QED) is 0.165. The van der Waals surface area contributed by atoms with E-state index in [1.54, 1.807) is 0 Å². The number of aromatic nitrogens is 1. The summed E-state index contributed by atoms with van der Waals surface area (Å²) in [5.74, 6) is 0. The Labute approximate surface area is 408 Å². The van der Waals surface area contributed by atoms with E-state index in [1.165, 1.54) is 77.5 Å². The molecule has 2 aliphatic heterocycles. The fourth-order valence-corrected chi connectivity index (χ4v) is 11.4. The minimum absolute atomic E-state index is 0.00446. The van der Waals surface area contributed by atoms with Crippen molar-refractivity contribution in [1.82, 2.24) is 4.57 Å². The number of furan rings is 1. The largest absolute Gasteiger partial charge is 0.456 e. The third kappa shape index (κ3) is 6.63. The van der Waals surface area contributed by atoms with E-state index in [9.17, 15) is 0 Å². The molecule has 12 rings (SSSR count). The van der Waals surface area contributed by atoms with E-state index in [-0.39, 0.29) is 28.4 Å². The van der Waals surface area contributed by atoms with Crippen LogP contribution in [0.5, 0.6) is 0 Å². The third-order valence-corrected chi connectivity index (χ3v) is 15.2. The van der Waals surface area contributed by atoms with Gasteiger partial charge in [-0.3, -0.25) is 0 Å². The fourth-order valence-electron chi connectivity index (χ4n) is 11.4. The number of nitrogens with zero attached hydrogens (tertiary/aromatic N) is 3. The molecule has 5 heteroatoms. The summed E-state index contributed by atoms with van der Waals surface area (Å²) in [6.07, 6.45) is 0. The van der Waals surface area contributed by atoms with Gasteiger partial charge >= 0.3 is 0 Å². The van der Waals surface area contributed by atoms with Gasteiger partial charge in [-0.1, -0.05) is 168 Å². The van der Waals surface area contributed by atoms with E-state index in [1.807, 2.05) is 0 Å². The Bertz CT molecular complexity index is 3640. The third-order valence-electron chi connectivity index (χ3n) is 15.2. The van der Waals surface area contributed by atoms with Crippen LogP contribution in [0.4, 0.5) is 34.1 Å². The molecule has 0 spiro atoms. The van der Waals surface area contributed by atoms with E-state index in [2.05, 4.69) is 255 Å². The lowest BCUT2D eigenvalue weighted by atomic mass is 9.33. The second-order valence-electron chi connectivity index (χ2n) is 23.9. The number of hydrogen-bond donors (Lipinski definition) is 0. The van der Waals surface area contributed by atoms with E-state index in [0.717, 1.165) is 44.7 Å². The van der Waals surface area contributed by atoms with Gasteiger partial charge in [-0.05, 0) is 133 Å². The maximum atomic E-state index is 6.65. The average molecular weight is 900 g/mol. The van der Waals surface area contributed by atoms with Crippen molar-refractivity contribution >= 4 is 101 Å². The zero-order valence-electron chi connectivity index (χ0n) is 42.3. The van der Waals surface area contributed by atoms with E-state index in [0.29, 0.717) is 0 Å². The first-order valence-corrected chi connectivity index (χ1v) is 24.9. The van der Waals surface area contributed by atoms with Crippen molar-refractivity contribution in [2.75, 3.05) is 9.80 Å². The minimum atomic E-state index is -0.0576. The lowest BCUT2D eigenvalue weighted by Gasteiger charge is -2.43. The van der Waals surface area contributed by atoms with Crippen LogP contribution in [0.2, 0.25) is 0 Å². The lowest BCUT2D eigenvalue weighted by molar-refractivity contribution is 0.590. The number of hydrogen-bond acceptors (Lipinski definition) is 3. The number of para-hydroxylation sites is 2. The zero-order valence-corrected chi connectivity index (χ0v) is 42.3. The monoisotopic (exact) mass is 899 g/mol. The van der Waals surface area contributed by atoms with E-state index in [4.69, 9.17) is 4.42 Å². The molecule has 342 valence electrons. The van der Waals surface area contributed by atoms with Gasteiger partial charge in [-0.25, -0.2) is 0 Å². The van der Waals surface area contributed by atoms with Crippen LogP contribution in [0.1, 0.15) is 105 Å². The summed E-state index contributed by atoms with van der Waals surface area (Å²) in [5, 5.41) is 4.79. The molecule has 0 aliphatic carbocycles. The van der Waals surface area contributed by atoms with Gasteiger partial charge in [0.15, 0.2) is 0 Å². The molecule has 0 N–H and O–H groups in total. The highest BCUT2D eigenvalue weighted by Gasteiger charge is 2.45. The molecule has 8 aromatic carbocycles. The Morgan fingerprint density at radius 1 is 0.435 bits per heavy atom. The van der Waals surface area contributed by atoms with Crippen LogP contribution in [0.3, 0.4) is 0 Å². The Morgan fingerprint density at radius 2 is 0.971 bits per heavy atom. The predicted octanol–water partition coefficient (Wildman–Crippen LogP) is 16.0. The number of rotatable bonds is 4. The van der Waals surface area contributed by atoms with Gasteiger partial charge in [-0.15, -0.1) is 0 Å². The first kappa shape index (κ1) is 43.3. The van der Waals surface area contributed by atoms with Crippen LogP contribution in [0.25, 0.3) is 49.4 Å². The summed E-state index contributed by atoms with van der Waals surface area (Å²) in [7, 11) is 0. The molecule has 2 aromatic heterocycles. The van der Waals surface area contributed by atoms with E-state index < -0.39 is 0 Å².